The maximum Gasteiger partial charge on any atom is 0.126 e. The molecule has 0 N–H and O–H groups in total. The summed E-state index contributed by atoms with van der Waals surface area (Å²) in [4.78, 5) is 11.8. The third kappa shape index (κ3) is 8.53. The van der Waals surface area contributed by atoms with E-state index >= 15 is 0 Å². The van der Waals surface area contributed by atoms with Crippen LogP contribution in [-0.2, 0) is 0 Å². The zero-order chi connectivity index (χ0) is 25.1. The van der Waals surface area contributed by atoms with Gasteiger partial charge in [-0.05, 0) is 103 Å². The minimum atomic E-state index is -0.171. The van der Waals surface area contributed by atoms with Crippen molar-refractivity contribution in [2.45, 2.75) is 49.0 Å². The van der Waals surface area contributed by atoms with Crippen LogP contribution >= 0.6 is 0 Å². The average Bonchev–Trinajstić information content (AvgIpc) is 2.85. The minimum Gasteiger partial charge on any atom is -0.264 e. The van der Waals surface area contributed by atoms with Crippen molar-refractivity contribution >= 4 is 21.5 Å². The van der Waals surface area contributed by atoms with Crippen molar-refractivity contribution in [2.24, 2.45) is 0 Å². The molecule has 0 amide bonds. The van der Waals surface area contributed by atoms with Gasteiger partial charge in [-0.2, -0.15) is 0 Å². The monoisotopic (exact) mass is 475 g/mol. The van der Waals surface area contributed by atoms with Gasteiger partial charge in [0.2, 0.25) is 0 Å². The van der Waals surface area contributed by atoms with Crippen molar-refractivity contribution in [2.75, 3.05) is 0 Å². The molecule has 3 nitrogen and oxygen atoms in total. The summed E-state index contributed by atoms with van der Waals surface area (Å²) in [6.07, 6.45) is 10.5. The lowest BCUT2D eigenvalue weighted by Crippen LogP contribution is -1.83. The standard InChI is InChI=1S/2C10H8FN.C7H9N.C2H6.CH4/c1-7-4-9-6-12-3-2-8(9)5-10(7)11;1-7-4-8-2-3-12-6-9(8)5-10(7)11;1-6-3-4-8-5-7(6)2;1-2;/h2*2-6H,1H3;3-5H,1-2H3;1-2H3;1H4. The summed E-state index contributed by atoms with van der Waals surface area (Å²) >= 11 is 0. The third-order valence-electron chi connectivity index (χ3n) is 5.14. The topological polar surface area (TPSA) is 38.7 Å². The smallest absolute Gasteiger partial charge is 0.126 e. The molecular weight excluding hydrogens is 440 g/mol. The minimum absolute atomic E-state index is 0. The van der Waals surface area contributed by atoms with Crippen LogP contribution in [0.15, 0.2) is 79.6 Å². The Morgan fingerprint density at radius 1 is 0.486 bits per heavy atom. The largest absolute Gasteiger partial charge is 0.264 e. The van der Waals surface area contributed by atoms with Crippen molar-refractivity contribution in [3.63, 3.8) is 0 Å². The van der Waals surface area contributed by atoms with Crippen molar-refractivity contribution < 1.29 is 8.78 Å². The molecule has 2 aromatic carbocycles. The fourth-order valence-electron chi connectivity index (χ4n) is 2.99. The highest BCUT2D eigenvalue weighted by Gasteiger charge is 2.00. The van der Waals surface area contributed by atoms with Crippen LogP contribution in [0.2, 0.25) is 0 Å². The Morgan fingerprint density at radius 3 is 1.37 bits per heavy atom. The van der Waals surface area contributed by atoms with E-state index in [4.69, 9.17) is 0 Å². The van der Waals surface area contributed by atoms with Gasteiger partial charge in [-0.25, -0.2) is 8.78 Å². The van der Waals surface area contributed by atoms with Gasteiger partial charge < -0.3 is 0 Å². The Hall–Kier alpha value is -3.73. The summed E-state index contributed by atoms with van der Waals surface area (Å²) in [7, 11) is 0. The highest BCUT2D eigenvalue weighted by atomic mass is 19.1. The molecule has 5 aromatic rings. The first kappa shape index (κ1) is 29.3. The lowest BCUT2D eigenvalue weighted by Gasteiger charge is -1.99. The van der Waals surface area contributed by atoms with E-state index in [1.165, 1.54) is 23.3 Å². The van der Waals surface area contributed by atoms with Crippen LogP contribution in [0.4, 0.5) is 8.78 Å². The number of benzene rings is 2. The van der Waals surface area contributed by atoms with E-state index < -0.39 is 0 Å². The zero-order valence-corrected chi connectivity index (χ0v) is 20.6. The maximum atomic E-state index is 13.0. The van der Waals surface area contributed by atoms with Crippen molar-refractivity contribution in [3.8, 4) is 0 Å². The number of rotatable bonds is 0. The summed E-state index contributed by atoms with van der Waals surface area (Å²) in [6.45, 7) is 11.6. The van der Waals surface area contributed by atoms with Gasteiger partial charge in [0, 0.05) is 48.0 Å². The normalized spacial score (nSPS) is 9.49. The number of aryl methyl sites for hydroxylation is 4. The van der Waals surface area contributed by atoms with Gasteiger partial charge in [0.15, 0.2) is 0 Å². The number of halogens is 2. The van der Waals surface area contributed by atoms with E-state index in [2.05, 4.69) is 28.8 Å². The lowest BCUT2D eigenvalue weighted by molar-refractivity contribution is 0.620. The molecule has 0 radical (unpaired) electrons. The highest BCUT2D eigenvalue weighted by molar-refractivity contribution is 5.82. The van der Waals surface area contributed by atoms with Crippen molar-refractivity contribution in [3.05, 3.63) is 114 Å². The molecule has 5 heteroatoms. The summed E-state index contributed by atoms with van der Waals surface area (Å²) in [5.74, 6) is -0.329. The van der Waals surface area contributed by atoms with Crippen molar-refractivity contribution in [1.82, 2.24) is 15.0 Å². The SMILES string of the molecule is C.CC.Cc1cc2ccncc2cc1F.Cc1cc2cnccc2cc1F.Cc1ccncc1C. The molecule has 0 atom stereocenters. The maximum absolute atomic E-state index is 13.0. The van der Waals surface area contributed by atoms with Crippen LogP contribution in [0.1, 0.15) is 43.5 Å². The second-order valence-electron chi connectivity index (χ2n) is 7.61. The van der Waals surface area contributed by atoms with Crippen LogP contribution in [0.25, 0.3) is 21.5 Å². The molecule has 0 aliphatic carbocycles. The van der Waals surface area contributed by atoms with Crippen LogP contribution in [0.5, 0.6) is 0 Å². The predicted octanol–water partition coefficient (Wildman–Crippen LogP) is 8.73. The number of hydrogen-bond donors (Lipinski definition) is 0. The Labute approximate surface area is 207 Å². The molecule has 5 rings (SSSR count). The van der Waals surface area contributed by atoms with Crippen LogP contribution in [0.3, 0.4) is 0 Å². The number of hydrogen-bond acceptors (Lipinski definition) is 3. The first-order valence-electron chi connectivity index (χ1n) is 11.2. The second kappa shape index (κ2) is 14.5. The number of pyridine rings is 3. The first-order chi connectivity index (χ1) is 16.3. The Balaban J connectivity index is 0.000000255. The Morgan fingerprint density at radius 2 is 0.886 bits per heavy atom. The Bertz CT molecular complexity index is 1170. The molecule has 0 saturated carbocycles. The molecule has 0 saturated heterocycles. The van der Waals surface area contributed by atoms with Crippen molar-refractivity contribution in [1.29, 1.82) is 0 Å². The third-order valence-corrected chi connectivity index (χ3v) is 5.14. The highest BCUT2D eigenvalue weighted by Crippen LogP contribution is 2.17. The first-order valence-corrected chi connectivity index (χ1v) is 11.2. The van der Waals surface area contributed by atoms with Gasteiger partial charge in [-0.1, -0.05) is 21.3 Å². The molecule has 0 aliphatic heterocycles. The van der Waals surface area contributed by atoms with Crippen LogP contribution in [-0.4, -0.2) is 15.0 Å². The van der Waals surface area contributed by atoms with Gasteiger partial charge in [0.05, 0.1) is 0 Å². The Kier molecular flexibility index (Phi) is 12.2. The number of aromatic nitrogens is 3. The summed E-state index contributed by atoms with van der Waals surface area (Å²) in [6, 6.07) is 12.4. The molecule has 3 aromatic heterocycles. The van der Waals surface area contributed by atoms with E-state index in [0.29, 0.717) is 11.1 Å². The van der Waals surface area contributed by atoms with Gasteiger partial charge in [0.1, 0.15) is 11.6 Å². The van der Waals surface area contributed by atoms with Gasteiger partial charge in [-0.3, -0.25) is 15.0 Å². The number of fused-ring (bicyclic) bond motifs is 2. The molecule has 0 aliphatic rings. The summed E-state index contributed by atoms with van der Waals surface area (Å²) in [5, 5.41) is 3.76. The number of nitrogens with zero attached hydrogens (tertiary/aromatic N) is 3. The van der Waals surface area contributed by atoms with E-state index in [1.807, 2.05) is 44.4 Å². The zero-order valence-electron chi connectivity index (χ0n) is 20.6. The van der Waals surface area contributed by atoms with E-state index in [0.717, 1.165) is 21.5 Å². The molecule has 184 valence electrons. The van der Waals surface area contributed by atoms with Gasteiger partial charge >= 0.3 is 0 Å². The summed E-state index contributed by atoms with van der Waals surface area (Å²) in [5.41, 5.74) is 3.90. The average molecular weight is 476 g/mol. The molecule has 3 heterocycles. The molecule has 0 unspecified atom stereocenters. The van der Waals surface area contributed by atoms with E-state index in [9.17, 15) is 8.78 Å². The summed E-state index contributed by atoms with van der Waals surface area (Å²) < 4.78 is 26.0. The fraction of sp³-hybridized carbons (Fsp3) is 0.233. The van der Waals surface area contributed by atoms with E-state index in [-0.39, 0.29) is 19.1 Å². The quantitative estimate of drug-likeness (QED) is 0.225. The van der Waals surface area contributed by atoms with Crippen LogP contribution < -0.4 is 0 Å². The van der Waals surface area contributed by atoms with E-state index in [1.54, 1.807) is 50.8 Å². The molecule has 0 bridgehead atoms. The molecule has 35 heavy (non-hydrogen) atoms. The lowest BCUT2D eigenvalue weighted by atomic mass is 10.1. The molecule has 0 spiro atoms. The van der Waals surface area contributed by atoms with Gasteiger partial charge in [-0.15, -0.1) is 0 Å². The fourth-order valence-corrected chi connectivity index (χ4v) is 2.99. The molecule has 0 fully saturated rings. The second-order valence-corrected chi connectivity index (χ2v) is 7.61. The van der Waals surface area contributed by atoms with Gasteiger partial charge in [0.25, 0.3) is 0 Å². The predicted molar refractivity (Wildman–Crippen MR) is 145 cm³/mol. The van der Waals surface area contributed by atoms with Crippen LogP contribution in [0, 0.1) is 39.3 Å². The molecular formula is C30H35F2N3.